The highest BCUT2D eigenvalue weighted by Crippen LogP contribution is 2.50. The van der Waals surface area contributed by atoms with Gasteiger partial charge < -0.3 is 14.2 Å². The van der Waals surface area contributed by atoms with E-state index >= 15 is 0 Å². The summed E-state index contributed by atoms with van der Waals surface area (Å²) in [6.07, 6.45) is 0.440. The van der Waals surface area contributed by atoms with E-state index in [-0.39, 0.29) is 12.3 Å². The third kappa shape index (κ3) is 4.10. The number of ether oxygens (including phenoxy) is 3. The third-order valence-corrected chi connectivity index (χ3v) is 6.52. The summed E-state index contributed by atoms with van der Waals surface area (Å²) in [7, 11) is 1.68. The fourth-order valence-electron chi connectivity index (χ4n) is 4.74. The molecule has 2 aliphatic heterocycles. The summed E-state index contributed by atoms with van der Waals surface area (Å²) in [5.74, 6) is 2.34. The summed E-state index contributed by atoms with van der Waals surface area (Å²) >= 11 is 0. The molecule has 0 amide bonds. The van der Waals surface area contributed by atoms with Crippen LogP contribution in [0.25, 0.3) is 0 Å². The van der Waals surface area contributed by atoms with E-state index in [1.54, 1.807) is 7.11 Å². The molecule has 0 fully saturated rings. The summed E-state index contributed by atoms with van der Waals surface area (Å²) in [6.45, 7) is 0.531. The van der Waals surface area contributed by atoms with Crippen molar-refractivity contribution in [2.45, 2.75) is 25.3 Å². The van der Waals surface area contributed by atoms with Gasteiger partial charge in [0.05, 0.1) is 18.9 Å². The number of benzene rings is 4. The predicted molar refractivity (Wildman–Crippen MR) is 136 cm³/mol. The maximum Gasteiger partial charge on any atom is 0.214 e. The van der Waals surface area contributed by atoms with Crippen molar-refractivity contribution in [3.8, 4) is 17.2 Å². The molecule has 5 nitrogen and oxygen atoms in total. The summed E-state index contributed by atoms with van der Waals surface area (Å²) in [5, 5.41) is 7.13. The van der Waals surface area contributed by atoms with E-state index in [9.17, 15) is 0 Å². The van der Waals surface area contributed by atoms with Crippen LogP contribution in [0.2, 0.25) is 0 Å². The van der Waals surface area contributed by atoms with Crippen LogP contribution in [-0.2, 0) is 6.61 Å². The van der Waals surface area contributed by atoms with Crippen molar-refractivity contribution in [3.63, 3.8) is 0 Å². The highest BCUT2D eigenvalue weighted by atomic mass is 16.5. The average molecular weight is 463 g/mol. The van der Waals surface area contributed by atoms with E-state index < -0.39 is 0 Å². The van der Waals surface area contributed by atoms with Crippen LogP contribution in [0.1, 0.15) is 40.9 Å². The zero-order valence-electron chi connectivity index (χ0n) is 19.5. The van der Waals surface area contributed by atoms with Crippen LogP contribution in [0.3, 0.4) is 0 Å². The molecular weight excluding hydrogens is 436 g/mol. The zero-order valence-corrected chi connectivity index (χ0v) is 19.5. The van der Waals surface area contributed by atoms with Crippen molar-refractivity contribution in [2.24, 2.45) is 5.10 Å². The molecule has 2 heterocycles. The van der Waals surface area contributed by atoms with E-state index in [0.29, 0.717) is 6.61 Å². The Morgan fingerprint density at radius 1 is 0.857 bits per heavy atom. The maximum atomic E-state index is 6.56. The molecule has 0 bridgehead atoms. The van der Waals surface area contributed by atoms with Gasteiger partial charge in [0.25, 0.3) is 0 Å². The Kier molecular flexibility index (Phi) is 5.59. The number of nitrogens with zero attached hydrogens (tertiary/aromatic N) is 2. The number of rotatable bonds is 6. The third-order valence-electron chi connectivity index (χ3n) is 6.52. The lowest BCUT2D eigenvalue weighted by molar-refractivity contribution is -0.0209. The first-order valence-electron chi connectivity index (χ1n) is 11.8. The smallest absolute Gasteiger partial charge is 0.214 e. The Morgan fingerprint density at radius 3 is 2.34 bits per heavy atom. The summed E-state index contributed by atoms with van der Waals surface area (Å²) in [5.41, 5.74) is 5.44. The van der Waals surface area contributed by atoms with Crippen LogP contribution in [0.4, 0.5) is 0 Å². The second-order valence-electron chi connectivity index (χ2n) is 8.70. The number of hydrazone groups is 1. The first-order chi connectivity index (χ1) is 17.3. The topological polar surface area (TPSA) is 43.3 Å². The van der Waals surface area contributed by atoms with Crippen LogP contribution < -0.4 is 14.2 Å². The molecule has 6 rings (SSSR count). The number of fused-ring (bicyclic) bond motifs is 3. The summed E-state index contributed by atoms with van der Waals surface area (Å²) in [4.78, 5) is 0. The zero-order chi connectivity index (χ0) is 23.6. The molecule has 0 aliphatic carbocycles. The molecule has 4 aromatic carbocycles. The predicted octanol–water partition coefficient (Wildman–Crippen LogP) is 6.52. The molecule has 5 heteroatoms. The quantitative estimate of drug-likeness (QED) is 0.327. The van der Waals surface area contributed by atoms with Gasteiger partial charge in [0.2, 0.25) is 6.23 Å². The Morgan fingerprint density at radius 2 is 1.60 bits per heavy atom. The Hall–Kier alpha value is -4.25. The lowest BCUT2D eigenvalue weighted by Crippen LogP contribution is -2.33. The molecule has 0 saturated carbocycles. The molecule has 35 heavy (non-hydrogen) atoms. The van der Waals surface area contributed by atoms with Gasteiger partial charge >= 0.3 is 0 Å². The van der Waals surface area contributed by atoms with Crippen LogP contribution >= 0.6 is 0 Å². The van der Waals surface area contributed by atoms with Gasteiger partial charge in [-0.05, 0) is 41.5 Å². The molecule has 2 atom stereocenters. The van der Waals surface area contributed by atoms with E-state index in [4.69, 9.17) is 19.3 Å². The second-order valence-corrected chi connectivity index (χ2v) is 8.70. The molecule has 0 radical (unpaired) electrons. The molecule has 2 aliphatic rings. The minimum atomic E-state index is -0.367. The number of para-hydroxylation sites is 1. The Balaban J connectivity index is 1.31. The SMILES string of the molecule is COc1cccc2c1O[C@H](c1ccc(OCc3ccccc3)cc1)N1N=C(c3ccccc3)C[C@@H]21. The first kappa shape index (κ1) is 21.3. The van der Waals surface area contributed by atoms with Crippen LogP contribution in [0, 0.1) is 0 Å². The van der Waals surface area contributed by atoms with Crippen LogP contribution in [-0.4, -0.2) is 17.8 Å². The van der Waals surface area contributed by atoms with Crippen molar-refractivity contribution in [1.82, 2.24) is 5.01 Å². The Labute approximate surface area is 205 Å². The van der Waals surface area contributed by atoms with Crippen molar-refractivity contribution < 1.29 is 14.2 Å². The van der Waals surface area contributed by atoms with Crippen molar-refractivity contribution in [2.75, 3.05) is 7.11 Å². The van der Waals surface area contributed by atoms with Crippen LogP contribution in [0.5, 0.6) is 17.2 Å². The average Bonchev–Trinajstić information content (AvgIpc) is 3.38. The molecule has 0 spiro atoms. The van der Waals surface area contributed by atoms with Gasteiger partial charge in [-0.1, -0.05) is 72.8 Å². The van der Waals surface area contributed by atoms with Gasteiger partial charge in [-0.15, -0.1) is 0 Å². The van der Waals surface area contributed by atoms with E-state index in [2.05, 4.69) is 47.5 Å². The largest absolute Gasteiger partial charge is 0.493 e. The maximum absolute atomic E-state index is 6.56. The molecule has 174 valence electrons. The molecular formula is C30H26N2O3. The van der Waals surface area contributed by atoms with Gasteiger partial charge in [-0.3, -0.25) is 0 Å². The second kappa shape index (κ2) is 9.18. The van der Waals surface area contributed by atoms with Crippen LogP contribution in [0.15, 0.2) is 108 Å². The highest BCUT2D eigenvalue weighted by molar-refractivity contribution is 6.01. The molecule has 0 saturated heterocycles. The monoisotopic (exact) mass is 462 g/mol. The lowest BCUT2D eigenvalue weighted by atomic mass is 9.95. The van der Waals surface area contributed by atoms with Gasteiger partial charge in [0, 0.05) is 17.5 Å². The van der Waals surface area contributed by atoms with E-state index in [0.717, 1.165) is 51.6 Å². The highest BCUT2D eigenvalue weighted by Gasteiger charge is 2.42. The fraction of sp³-hybridized carbons (Fsp3) is 0.167. The standard InChI is InChI=1S/C30H26N2O3/c1-33-28-14-8-13-25-27-19-26(22-11-6-3-7-12-22)31-32(27)30(35-29(25)28)23-15-17-24(18-16-23)34-20-21-9-4-2-5-10-21/h2-18,27,30H,19-20H2,1H3/t27-,30+/m0/s1. The molecule has 0 N–H and O–H groups in total. The van der Waals surface area contributed by atoms with Crippen molar-refractivity contribution in [3.05, 3.63) is 125 Å². The molecule has 4 aromatic rings. The van der Waals surface area contributed by atoms with Gasteiger partial charge in [0.15, 0.2) is 11.5 Å². The van der Waals surface area contributed by atoms with Gasteiger partial charge in [-0.2, -0.15) is 5.10 Å². The summed E-state index contributed by atoms with van der Waals surface area (Å²) in [6, 6.07) is 34.7. The van der Waals surface area contributed by atoms with Gasteiger partial charge in [0.1, 0.15) is 12.4 Å². The first-order valence-corrected chi connectivity index (χ1v) is 11.8. The fourth-order valence-corrected chi connectivity index (χ4v) is 4.74. The molecule has 0 unspecified atom stereocenters. The normalized spacial score (nSPS) is 18.2. The van der Waals surface area contributed by atoms with E-state index in [1.165, 1.54) is 0 Å². The minimum absolute atomic E-state index is 0.0723. The van der Waals surface area contributed by atoms with E-state index in [1.807, 2.05) is 60.7 Å². The lowest BCUT2D eigenvalue weighted by Gasteiger charge is -2.38. The van der Waals surface area contributed by atoms with Gasteiger partial charge in [-0.25, -0.2) is 5.01 Å². The van der Waals surface area contributed by atoms with Crippen molar-refractivity contribution >= 4 is 5.71 Å². The minimum Gasteiger partial charge on any atom is -0.493 e. The number of hydrogen-bond donors (Lipinski definition) is 0. The number of methoxy groups -OCH3 is 1. The Bertz CT molecular complexity index is 1340. The summed E-state index contributed by atoms with van der Waals surface area (Å²) < 4.78 is 18.2. The molecule has 0 aromatic heterocycles. The number of hydrogen-bond acceptors (Lipinski definition) is 5. The van der Waals surface area contributed by atoms with Crippen molar-refractivity contribution in [1.29, 1.82) is 0 Å².